The number of nitrogens with zero attached hydrogens (tertiary/aromatic N) is 1. The van der Waals surface area contributed by atoms with Gasteiger partial charge in [-0.3, -0.25) is 9.79 Å². The number of hydrogen-bond donors (Lipinski definition) is 1. The van der Waals surface area contributed by atoms with Crippen LogP contribution in [-0.2, 0) is 4.79 Å². The maximum Gasteiger partial charge on any atom is 0.455 e. The lowest BCUT2D eigenvalue weighted by molar-refractivity contribution is -0.165. The fourth-order valence-electron chi connectivity index (χ4n) is 1.59. The summed E-state index contributed by atoms with van der Waals surface area (Å²) in [4.78, 5) is 15.1. The van der Waals surface area contributed by atoms with Gasteiger partial charge in [0, 0.05) is 6.21 Å². The molecule has 0 atom stereocenters. The van der Waals surface area contributed by atoms with Crippen LogP contribution in [0.2, 0.25) is 0 Å². The average Bonchev–Trinajstić information content (AvgIpc) is 3.02. The van der Waals surface area contributed by atoms with Gasteiger partial charge in [0.15, 0.2) is 11.5 Å². The van der Waals surface area contributed by atoms with E-state index in [9.17, 15) is 27.5 Å². The molecule has 4 nitrogen and oxygen atoms in total. The van der Waals surface area contributed by atoms with E-state index >= 15 is 0 Å². The Morgan fingerprint density at radius 1 is 1.17 bits per heavy atom. The minimum absolute atomic E-state index is 0.103. The fourth-order valence-corrected chi connectivity index (χ4v) is 1.59. The number of benzene rings is 1. The maximum absolute atomic E-state index is 12.8. The lowest BCUT2D eigenvalue weighted by Crippen LogP contribution is -2.26. The molecule has 0 saturated heterocycles. The van der Waals surface area contributed by atoms with Crippen molar-refractivity contribution in [1.82, 2.24) is 0 Å². The van der Waals surface area contributed by atoms with Crippen molar-refractivity contribution in [2.24, 2.45) is 4.99 Å². The monoisotopic (exact) mass is 327 g/mol. The molecular weight excluding hydrogens is 318 g/mol. The lowest BCUT2D eigenvalue weighted by Gasteiger charge is -2.07. The maximum atomic E-state index is 12.8. The molecule has 1 aromatic heterocycles. The highest BCUT2D eigenvalue weighted by Gasteiger charge is 2.42. The number of carbonyl (C=O) groups is 1. The molecule has 0 amide bonds. The molecule has 1 aromatic carbocycles. The second kappa shape index (κ2) is 6.47. The van der Waals surface area contributed by atoms with Crippen molar-refractivity contribution in [1.29, 1.82) is 0 Å². The first-order valence-electron chi connectivity index (χ1n) is 6.17. The van der Waals surface area contributed by atoms with Crippen molar-refractivity contribution in [3.05, 3.63) is 59.8 Å². The van der Waals surface area contributed by atoms with Crippen molar-refractivity contribution >= 4 is 23.4 Å². The predicted octanol–water partition coefficient (Wildman–Crippen LogP) is 4.22. The summed E-state index contributed by atoms with van der Waals surface area (Å²) in [6.45, 7) is 0. The van der Waals surface area contributed by atoms with E-state index in [4.69, 9.17) is 4.42 Å². The van der Waals surface area contributed by atoms with Crippen molar-refractivity contribution < 1.29 is 31.9 Å². The molecule has 8 heteroatoms. The van der Waals surface area contributed by atoms with Gasteiger partial charge in [-0.25, -0.2) is 4.39 Å². The van der Waals surface area contributed by atoms with E-state index in [-0.39, 0.29) is 11.4 Å². The molecule has 0 spiro atoms. The number of ketones is 1. The third-order valence-corrected chi connectivity index (χ3v) is 2.68. The van der Waals surface area contributed by atoms with E-state index < -0.39 is 29.1 Å². The first-order valence-corrected chi connectivity index (χ1v) is 6.17. The summed E-state index contributed by atoms with van der Waals surface area (Å²) in [5.41, 5.74) is -0.983. The van der Waals surface area contributed by atoms with Gasteiger partial charge in [0.1, 0.15) is 5.82 Å². The van der Waals surface area contributed by atoms with E-state index in [0.29, 0.717) is 6.21 Å². The number of allylic oxidation sites excluding steroid dienone is 1. The first-order chi connectivity index (χ1) is 10.8. The van der Waals surface area contributed by atoms with Gasteiger partial charge in [-0.1, -0.05) is 0 Å². The molecule has 0 aliphatic carbocycles. The van der Waals surface area contributed by atoms with E-state index in [1.54, 1.807) is 0 Å². The highest BCUT2D eigenvalue weighted by molar-refractivity contribution is 6.20. The smallest absolute Gasteiger partial charge is 0.455 e. The molecule has 1 heterocycles. The number of halogens is 4. The normalized spacial score (nSPS) is 13.2. The third kappa shape index (κ3) is 4.06. The molecule has 2 aromatic rings. The zero-order valence-electron chi connectivity index (χ0n) is 11.3. The fraction of sp³-hybridized carbons (Fsp3) is 0.0667. The molecule has 0 unspecified atom stereocenters. The second-order valence-electron chi connectivity index (χ2n) is 4.30. The molecule has 0 radical (unpaired) electrons. The minimum Gasteiger partial charge on any atom is -0.504 e. The molecule has 23 heavy (non-hydrogen) atoms. The van der Waals surface area contributed by atoms with E-state index in [2.05, 4.69) is 4.99 Å². The predicted molar refractivity (Wildman–Crippen MR) is 73.9 cm³/mol. The van der Waals surface area contributed by atoms with Gasteiger partial charge in [0.25, 0.3) is 5.78 Å². The van der Waals surface area contributed by atoms with Crippen LogP contribution < -0.4 is 0 Å². The van der Waals surface area contributed by atoms with Gasteiger partial charge in [0.2, 0.25) is 0 Å². The Balaban J connectivity index is 2.44. The summed E-state index contributed by atoms with van der Waals surface area (Å²) in [6, 6.07) is 7.02. The van der Waals surface area contributed by atoms with Gasteiger partial charge >= 0.3 is 6.18 Å². The van der Waals surface area contributed by atoms with Gasteiger partial charge in [-0.15, -0.1) is 0 Å². The largest absolute Gasteiger partial charge is 0.504 e. The summed E-state index contributed by atoms with van der Waals surface area (Å²) in [5, 5.41) is 9.84. The molecule has 2 rings (SSSR count). The summed E-state index contributed by atoms with van der Waals surface area (Å²) >= 11 is 0. The van der Waals surface area contributed by atoms with Crippen LogP contribution in [0, 0.1) is 5.82 Å². The average molecular weight is 327 g/mol. The zero-order chi connectivity index (χ0) is 17.0. The quantitative estimate of drug-likeness (QED) is 0.396. The van der Waals surface area contributed by atoms with E-state index in [1.165, 1.54) is 24.3 Å². The van der Waals surface area contributed by atoms with Crippen LogP contribution in [0.1, 0.15) is 5.76 Å². The number of carbonyl (C=O) groups excluding carboxylic acids is 1. The van der Waals surface area contributed by atoms with Crippen LogP contribution in [-0.4, -0.2) is 23.3 Å². The Morgan fingerprint density at radius 2 is 1.83 bits per heavy atom. The van der Waals surface area contributed by atoms with Gasteiger partial charge in [0.05, 0.1) is 17.5 Å². The molecule has 0 aliphatic rings. The number of alkyl halides is 3. The number of furan rings is 1. The summed E-state index contributed by atoms with van der Waals surface area (Å²) < 4.78 is 55.5. The highest BCUT2D eigenvalue weighted by Crippen LogP contribution is 2.25. The number of hydrogen-bond acceptors (Lipinski definition) is 4. The Labute approximate surface area is 127 Å². The van der Waals surface area contributed by atoms with Crippen LogP contribution >= 0.6 is 0 Å². The molecule has 0 aliphatic heterocycles. The van der Waals surface area contributed by atoms with Crippen molar-refractivity contribution in [3.63, 3.8) is 0 Å². The number of aliphatic hydroxyl groups excluding tert-OH is 1. The summed E-state index contributed by atoms with van der Waals surface area (Å²) in [6.07, 6.45) is -3.52. The first kappa shape index (κ1) is 16.5. The molecule has 0 saturated carbocycles. The van der Waals surface area contributed by atoms with Gasteiger partial charge < -0.3 is 9.52 Å². The summed E-state index contributed by atoms with van der Waals surface area (Å²) in [7, 11) is 0. The van der Waals surface area contributed by atoms with Crippen molar-refractivity contribution in [3.8, 4) is 0 Å². The van der Waals surface area contributed by atoms with Gasteiger partial charge in [-0.05, 0) is 36.4 Å². The van der Waals surface area contributed by atoms with Crippen LogP contribution in [0.3, 0.4) is 0 Å². The Hall–Kier alpha value is -2.90. The molecule has 1 N–H and O–H groups in total. The molecular formula is C15H9F4NO3. The van der Waals surface area contributed by atoms with Crippen LogP contribution in [0.4, 0.5) is 23.2 Å². The molecule has 120 valence electrons. The minimum atomic E-state index is -5.20. The van der Waals surface area contributed by atoms with E-state index in [1.807, 2.05) is 0 Å². The number of aliphatic hydroxyl groups is 1. The molecule has 0 fully saturated rings. The number of rotatable bonds is 4. The molecule has 0 bridgehead atoms. The Bertz CT molecular complexity index is 744. The zero-order valence-corrected chi connectivity index (χ0v) is 11.3. The number of aliphatic imine (C=N–C) groups is 1. The van der Waals surface area contributed by atoms with E-state index in [0.717, 1.165) is 18.4 Å². The topological polar surface area (TPSA) is 62.8 Å². The Kier molecular flexibility index (Phi) is 4.63. The third-order valence-electron chi connectivity index (χ3n) is 2.68. The van der Waals surface area contributed by atoms with Crippen molar-refractivity contribution in [2.45, 2.75) is 6.18 Å². The SMILES string of the molecule is O=C(C(C=Nc1ccc(F)cc1)=C(O)c1ccco1)C(F)(F)F. The van der Waals surface area contributed by atoms with Crippen LogP contribution in [0.15, 0.2) is 57.6 Å². The second-order valence-corrected chi connectivity index (χ2v) is 4.30. The Morgan fingerprint density at radius 3 is 2.35 bits per heavy atom. The number of Topliss-reactive ketones (excluding diaryl/α,β-unsaturated/α-hetero) is 1. The van der Waals surface area contributed by atoms with Crippen LogP contribution in [0.25, 0.3) is 5.76 Å². The summed E-state index contributed by atoms with van der Waals surface area (Å²) in [5.74, 6) is -4.15. The lowest BCUT2D eigenvalue weighted by atomic mass is 10.1. The van der Waals surface area contributed by atoms with Crippen molar-refractivity contribution in [2.75, 3.05) is 0 Å². The standard InChI is InChI=1S/C15H9F4NO3/c16-9-3-5-10(6-4-9)20-8-11(14(22)15(17,18)19)13(21)12-2-1-7-23-12/h1-8,21H. The highest BCUT2D eigenvalue weighted by atomic mass is 19.4. The van der Waals surface area contributed by atoms with Crippen LogP contribution in [0.5, 0.6) is 0 Å². The van der Waals surface area contributed by atoms with Gasteiger partial charge in [-0.2, -0.15) is 13.2 Å².